The van der Waals surface area contributed by atoms with Crippen LogP contribution in [0.1, 0.15) is 39.0 Å². The molecule has 0 aliphatic carbocycles. The molecule has 3 N–H and O–H groups in total. The molecule has 0 unspecified atom stereocenters. The number of hydrogen-bond acceptors (Lipinski definition) is 8. The lowest BCUT2D eigenvalue weighted by Crippen LogP contribution is -2.41. The number of aromatic nitrogens is 4. The van der Waals surface area contributed by atoms with E-state index in [1.807, 2.05) is 24.4 Å². The van der Waals surface area contributed by atoms with Crippen molar-refractivity contribution in [2.45, 2.75) is 46.1 Å². The fourth-order valence-electron chi connectivity index (χ4n) is 3.05. The molecule has 0 saturated heterocycles. The Labute approximate surface area is 176 Å². The first kappa shape index (κ1) is 21.5. The van der Waals surface area contributed by atoms with E-state index in [0.717, 1.165) is 17.7 Å². The normalized spacial score (nSPS) is 11.0. The molecule has 0 spiro atoms. The van der Waals surface area contributed by atoms with Crippen LogP contribution in [0.15, 0.2) is 31.6 Å². The highest BCUT2D eigenvalue weighted by Gasteiger charge is 2.23. The summed E-state index contributed by atoms with van der Waals surface area (Å²) in [6, 6.07) is 3.77. The minimum absolute atomic E-state index is 0.00910. The lowest BCUT2D eigenvalue weighted by Gasteiger charge is -2.23. The lowest BCUT2D eigenvalue weighted by atomic mass is 10.2. The van der Waals surface area contributed by atoms with Crippen LogP contribution in [0.4, 0.5) is 11.5 Å². The van der Waals surface area contributed by atoms with Gasteiger partial charge < -0.3 is 15.2 Å². The average molecular weight is 433 g/mol. The zero-order chi connectivity index (χ0) is 21.7. The molecule has 0 saturated carbocycles. The molecule has 3 aromatic rings. The van der Waals surface area contributed by atoms with Crippen LogP contribution >= 0.6 is 11.3 Å². The fourth-order valence-corrected chi connectivity index (χ4v) is 3.70. The first-order valence-corrected chi connectivity index (χ1v) is 10.6. The molecule has 160 valence electrons. The zero-order valence-corrected chi connectivity index (χ0v) is 17.7. The minimum Gasteiger partial charge on any atom is -0.383 e. The summed E-state index contributed by atoms with van der Waals surface area (Å²) < 4.78 is 6.51. The van der Waals surface area contributed by atoms with Crippen molar-refractivity contribution >= 4 is 28.7 Å². The average Bonchev–Trinajstić information content (AvgIpc) is 3.40. The molecule has 0 aliphatic heterocycles. The van der Waals surface area contributed by atoms with E-state index in [0.29, 0.717) is 18.3 Å². The number of nitrogen functional groups attached to an aromatic ring is 1. The number of nitrogens with two attached hydrogens (primary N) is 1. The van der Waals surface area contributed by atoms with E-state index in [9.17, 15) is 14.4 Å². The molecule has 0 aliphatic rings. The number of thiophene rings is 1. The van der Waals surface area contributed by atoms with E-state index < -0.39 is 11.2 Å². The summed E-state index contributed by atoms with van der Waals surface area (Å²) >= 11 is 1.49. The number of hydrogen-bond donors (Lipinski definition) is 2. The summed E-state index contributed by atoms with van der Waals surface area (Å²) in [6.45, 7) is 4.31. The Morgan fingerprint density at radius 2 is 2.17 bits per heavy atom. The summed E-state index contributed by atoms with van der Waals surface area (Å²) in [4.78, 5) is 46.1. The second-order valence-electron chi connectivity index (χ2n) is 6.63. The number of carbonyl (C=O) groups is 1. The van der Waals surface area contributed by atoms with Gasteiger partial charge in [0.25, 0.3) is 5.56 Å². The van der Waals surface area contributed by atoms with Crippen LogP contribution < -0.4 is 21.9 Å². The first-order chi connectivity index (χ1) is 14.5. The second-order valence-corrected chi connectivity index (χ2v) is 7.57. The Morgan fingerprint density at radius 1 is 1.37 bits per heavy atom. The number of nitrogens with one attached hydrogen (secondary N) is 1. The largest absolute Gasteiger partial charge is 0.383 e. The van der Waals surface area contributed by atoms with Gasteiger partial charge in [-0.3, -0.25) is 19.1 Å². The van der Waals surface area contributed by atoms with Crippen molar-refractivity contribution in [2.24, 2.45) is 0 Å². The van der Waals surface area contributed by atoms with Crippen LogP contribution in [0, 0.1) is 0 Å². The highest BCUT2D eigenvalue weighted by molar-refractivity contribution is 7.13. The molecule has 0 atom stereocenters. The number of aromatic amines is 1. The van der Waals surface area contributed by atoms with Gasteiger partial charge in [0.05, 0.1) is 4.88 Å². The van der Waals surface area contributed by atoms with Crippen molar-refractivity contribution < 1.29 is 9.32 Å². The van der Waals surface area contributed by atoms with Crippen molar-refractivity contribution in [1.82, 2.24) is 19.7 Å². The van der Waals surface area contributed by atoms with Crippen molar-refractivity contribution in [3.63, 3.8) is 0 Å². The molecular weight excluding hydrogens is 408 g/mol. The highest BCUT2D eigenvalue weighted by atomic mass is 32.1. The fraction of sp³-hybridized carbons (Fsp3) is 0.421. The van der Waals surface area contributed by atoms with Gasteiger partial charge in [-0.05, 0) is 24.8 Å². The molecule has 3 rings (SSSR count). The van der Waals surface area contributed by atoms with Gasteiger partial charge in [-0.1, -0.05) is 24.6 Å². The van der Waals surface area contributed by atoms with Crippen molar-refractivity contribution in [1.29, 1.82) is 0 Å². The van der Waals surface area contributed by atoms with Gasteiger partial charge in [0.15, 0.2) is 5.69 Å². The van der Waals surface area contributed by atoms with E-state index in [-0.39, 0.29) is 36.8 Å². The third-order valence-electron chi connectivity index (χ3n) is 4.60. The van der Waals surface area contributed by atoms with Crippen LogP contribution in [-0.4, -0.2) is 32.1 Å². The number of amides is 1. The number of H-pyrrole nitrogens is 1. The third-order valence-corrected chi connectivity index (χ3v) is 5.46. The Kier molecular flexibility index (Phi) is 6.83. The maximum Gasteiger partial charge on any atom is 0.330 e. The molecule has 0 aromatic carbocycles. The summed E-state index contributed by atoms with van der Waals surface area (Å²) in [6.07, 6.45) is 1.85. The smallest absolute Gasteiger partial charge is 0.330 e. The van der Waals surface area contributed by atoms with Gasteiger partial charge in [-0.15, -0.1) is 11.3 Å². The summed E-state index contributed by atoms with van der Waals surface area (Å²) in [5.41, 5.74) is 4.84. The maximum atomic E-state index is 12.8. The van der Waals surface area contributed by atoms with Crippen LogP contribution in [0.5, 0.6) is 0 Å². The van der Waals surface area contributed by atoms with Gasteiger partial charge in [0.1, 0.15) is 5.82 Å². The van der Waals surface area contributed by atoms with Crippen molar-refractivity contribution in [2.75, 3.05) is 17.2 Å². The van der Waals surface area contributed by atoms with Crippen LogP contribution in [-0.2, 0) is 17.8 Å². The highest BCUT2D eigenvalue weighted by Crippen LogP contribution is 2.22. The monoisotopic (exact) mass is 432 g/mol. The van der Waals surface area contributed by atoms with Crippen molar-refractivity contribution in [3.8, 4) is 10.7 Å². The summed E-state index contributed by atoms with van der Waals surface area (Å²) in [5.74, 6) is 0.470. The number of nitrogens with zero attached hydrogens (tertiary/aromatic N) is 4. The van der Waals surface area contributed by atoms with Crippen LogP contribution in [0.2, 0.25) is 0 Å². The Balaban J connectivity index is 1.78. The van der Waals surface area contributed by atoms with E-state index >= 15 is 0 Å². The quantitative estimate of drug-likeness (QED) is 0.527. The lowest BCUT2D eigenvalue weighted by molar-refractivity contribution is -0.118. The molecule has 30 heavy (non-hydrogen) atoms. The zero-order valence-electron chi connectivity index (χ0n) is 16.9. The number of anilines is 2. The Hall–Kier alpha value is -3.21. The standard InChI is InChI=1S/C19H24N6O4S/c1-3-5-10-25-16(20)15(18(27)22-19(25)28)24(4-2)14(26)9-8-13-21-17(23-29-13)12-7-6-11-30-12/h6-7,11H,3-5,8-10,20H2,1-2H3,(H,22,27,28). The molecule has 0 fully saturated rings. The molecule has 3 aromatic heterocycles. The van der Waals surface area contributed by atoms with E-state index in [1.165, 1.54) is 20.8 Å². The first-order valence-electron chi connectivity index (χ1n) is 9.75. The molecule has 10 nitrogen and oxygen atoms in total. The molecule has 3 heterocycles. The van der Waals surface area contributed by atoms with Gasteiger partial charge >= 0.3 is 5.69 Å². The third kappa shape index (κ3) is 4.51. The van der Waals surface area contributed by atoms with E-state index in [2.05, 4.69) is 15.1 Å². The molecular formula is C19H24N6O4S. The predicted octanol–water partition coefficient (Wildman–Crippen LogP) is 2.02. The van der Waals surface area contributed by atoms with E-state index in [1.54, 1.807) is 6.92 Å². The molecule has 0 bridgehead atoms. The van der Waals surface area contributed by atoms with Crippen LogP contribution in [0.3, 0.4) is 0 Å². The summed E-state index contributed by atoms with van der Waals surface area (Å²) in [5, 5.41) is 5.84. The SMILES string of the molecule is CCCCn1c(N)c(N(CC)C(=O)CCc2nc(-c3cccs3)no2)c(=O)[nH]c1=O. The summed E-state index contributed by atoms with van der Waals surface area (Å²) in [7, 11) is 0. The van der Waals surface area contributed by atoms with Gasteiger partial charge in [-0.2, -0.15) is 4.98 Å². The van der Waals surface area contributed by atoms with E-state index in [4.69, 9.17) is 10.3 Å². The van der Waals surface area contributed by atoms with Crippen molar-refractivity contribution in [3.05, 3.63) is 44.2 Å². The topological polar surface area (TPSA) is 140 Å². The number of carbonyl (C=O) groups excluding carboxylic acids is 1. The number of rotatable bonds is 9. The van der Waals surface area contributed by atoms with Gasteiger partial charge in [0, 0.05) is 25.9 Å². The van der Waals surface area contributed by atoms with Crippen LogP contribution in [0.25, 0.3) is 10.7 Å². The second kappa shape index (κ2) is 9.53. The molecule has 11 heteroatoms. The predicted molar refractivity (Wildman–Crippen MR) is 115 cm³/mol. The Morgan fingerprint density at radius 3 is 2.83 bits per heavy atom. The van der Waals surface area contributed by atoms with Gasteiger partial charge in [-0.25, -0.2) is 4.79 Å². The van der Waals surface area contributed by atoms with Gasteiger partial charge in [0.2, 0.25) is 17.6 Å². The number of aryl methyl sites for hydroxylation is 1. The number of unbranched alkanes of at least 4 members (excludes halogenated alkanes) is 1. The minimum atomic E-state index is -0.682. The maximum absolute atomic E-state index is 12.8. The Bertz CT molecular complexity index is 1110. The molecule has 1 amide bonds. The molecule has 0 radical (unpaired) electrons.